The summed E-state index contributed by atoms with van der Waals surface area (Å²) in [6.07, 6.45) is 4.48. The fraction of sp³-hybridized carbons (Fsp3) is 0. The lowest BCUT2D eigenvalue weighted by atomic mass is 10.2. The third-order valence-electron chi connectivity index (χ3n) is 3.34. The lowest BCUT2D eigenvalue weighted by molar-refractivity contribution is -0.111. The summed E-state index contributed by atoms with van der Waals surface area (Å²) in [5.41, 5.74) is 1.37. The van der Waals surface area contributed by atoms with Crippen LogP contribution in [-0.2, 0) is 4.79 Å². The summed E-state index contributed by atoms with van der Waals surface area (Å²) < 4.78 is 31.7. The number of hydrogen-bond acceptors (Lipinski definition) is 3. The SMILES string of the molecule is O=C(/C=C/c1ccccc1)Nc1ccc(Oc2ccc(F)cc2F)nc1. The van der Waals surface area contributed by atoms with Crippen LogP contribution < -0.4 is 10.1 Å². The van der Waals surface area contributed by atoms with Gasteiger partial charge in [0.2, 0.25) is 11.8 Å². The Morgan fingerprint density at radius 1 is 1.04 bits per heavy atom. The first-order valence-electron chi connectivity index (χ1n) is 7.73. The predicted molar refractivity (Wildman–Crippen MR) is 94.8 cm³/mol. The number of amides is 1. The minimum atomic E-state index is -0.824. The van der Waals surface area contributed by atoms with Crippen LogP contribution >= 0.6 is 0 Å². The fourth-order valence-corrected chi connectivity index (χ4v) is 2.11. The van der Waals surface area contributed by atoms with E-state index in [9.17, 15) is 13.6 Å². The zero-order chi connectivity index (χ0) is 18.4. The quantitative estimate of drug-likeness (QED) is 0.671. The van der Waals surface area contributed by atoms with Crippen molar-refractivity contribution in [3.05, 3.63) is 90.1 Å². The van der Waals surface area contributed by atoms with Crippen molar-refractivity contribution in [3.63, 3.8) is 0 Å². The molecule has 1 N–H and O–H groups in total. The van der Waals surface area contributed by atoms with E-state index in [0.29, 0.717) is 5.69 Å². The number of halogens is 2. The molecule has 3 rings (SSSR count). The number of carbonyl (C=O) groups excluding carboxylic acids is 1. The van der Waals surface area contributed by atoms with E-state index < -0.39 is 11.6 Å². The molecule has 0 spiro atoms. The first kappa shape index (κ1) is 17.3. The summed E-state index contributed by atoms with van der Waals surface area (Å²) in [5.74, 6) is -1.84. The number of anilines is 1. The number of nitrogens with zero attached hydrogens (tertiary/aromatic N) is 1. The molecule has 3 aromatic rings. The zero-order valence-corrected chi connectivity index (χ0v) is 13.5. The van der Waals surface area contributed by atoms with Gasteiger partial charge in [-0.3, -0.25) is 4.79 Å². The van der Waals surface area contributed by atoms with Crippen LogP contribution in [0.4, 0.5) is 14.5 Å². The third kappa shape index (κ3) is 4.73. The van der Waals surface area contributed by atoms with Gasteiger partial charge in [0.15, 0.2) is 11.6 Å². The van der Waals surface area contributed by atoms with Gasteiger partial charge in [-0.1, -0.05) is 30.3 Å². The Labute approximate surface area is 148 Å². The molecule has 0 saturated heterocycles. The van der Waals surface area contributed by atoms with Gasteiger partial charge in [0.25, 0.3) is 0 Å². The van der Waals surface area contributed by atoms with Crippen LogP contribution in [0.1, 0.15) is 5.56 Å². The van der Waals surface area contributed by atoms with E-state index in [-0.39, 0.29) is 17.5 Å². The number of hydrogen-bond donors (Lipinski definition) is 1. The van der Waals surface area contributed by atoms with Gasteiger partial charge in [-0.2, -0.15) is 0 Å². The summed E-state index contributed by atoms with van der Waals surface area (Å²) in [5, 5.41) is 2.65. The highest BCUT2D eigenvalue weighted by atomic mass is 19.1. The van der Waals surface area contributed by atoms with Crippen LogP contribution in [0.15, 0.2) is 72.9 Å². The smallest absolute Gasteiger partial charge is 0.248 e. The molecule has 1 amide bonds. The first-order chi connectivity index (χ1) is 12.6. The highest BCUT2D eigenvalue weighted by Crippen LogP contribution is 2.24. The van der Waals surface area contributed by atoms with Gasteiger partial charge in [0.05, 0.1) is 11.9 Å². The van der Waals surface area contributed by atoms with Crippen LogP contribution in [0.25, 0.3) is 6.08 Å². The second kappa shape index (κ2) is 8.02. The molecule has 0 saturated carbocycles. The molecule has 0 radical (unpaired) electrons. The average Bonchev–Trinajstić information content (AvgIpc) is 2.65. The lowest BCUT2D eigenvalue weighted by Crippen LogP contribution is -2.07. The first-order valence-corrected chi connectivity index (χ1v) is 7.73. The van der Waals surface area contributed by atoms with Gasteiger partial charge < -0.3 is 10.1 Å². The van der Waals surface area contributed by atoms with Gasteiger partial charge in [-0.15, -0.1) is 0 Å². The number of carbonyl (C=O) groups is 1. The molecule has 130 valence electrons. The number of pyridine rings is 1. The van der Waals surface area contributed by atoms with Gasteiger partial charge >= 0.3 is 0 Å². The largest absolute Gasteiger partial charge is 0.436 e. The molecule has 2 aromatic carbocycles. The highest BCUT2D eigenvalue weighted by molar-refractivity contribution is 6.01. The molecular formula is C20H14F2N2O2. The Kier molecular flexibility index (Phi) is 5.34. The van der Waals surface area contributed by atoms with Crippen molar-refractivity contribution in [2.75, 3.05) is 5.32 Å². The lowest BCUT2D eigenvalue weighted by Gasteiger charge is -2.07. The average molecular weight is 352 g/mol. The zero-order valence-electron chi connectivity index (χ0n) is 13.5. The number of ether oxygens (including phenoxy) is 1. The molecular weight excluding hydrogens is 338 g/mol. The van der Waals surface area contributed by atoms with Gasteiger partial charge in [0.1, 0.15) is 5.82 Å². The summed E-state index contributed by atoms with van der Waals surface area (Å²) in [6.45, 7) is 0. The maximum Gasteiger partial charge on any atom is 0.248 e. The van der Waals surface area contributed by atoms with Crippen LogP contribution in [0.2, 0.25) is 0 Å². The second-order valence-electron chi connectivity index (χ2n) is 5.30. The summed E-state index contributed by atoms with van der Waals surface area (Å²) in [4.78, 5) is 15.9. The number of aromatic nitrogens is 1. The van der Waals surface area contributed by atoms with Gasteiger partial charge in [0, 0.05) is 18.2 Å². The third-order valence-corrected chi connectivity index (χ3v) is 3.34. The molecule has 0 atom stereocenters. The minimum absolute atomic E-state index is 0.119. The van der Waals surface area contributed by atoms with Gasteiger partial charge in [-0.25, -0.2) is 13.8 Å². The molecule has 1 aromatic heterocycles. The number of nitrogens with one attached hydrogen (secondary N) is 1. The maximum absolute atomic E-state index is 13.6. The molecule has 0 aliphatic rings. The summed E-state index contributed by atoms with van der Waals surface area (Å²) in [7, 11) is 0. The van der Waals surface area contributed by atoms with Crippen LogP contribution in [0.5, 0.6) is 11.6 Å². The van der Waals surface area contributed by atoms with E-state index in [0.717, 1.165) is 17.7 Å². The van der Waals surface area contributed by atoms with Crippen LogP contribution in [0, 0.1) is 11.6 Å². The molecule has 0 unspecified atom stereocenters. The van der Waals surface area contributed by atoms with Crippen molar-refractivity contribution >= 4 is 17.7 Å². The van der Waals surface area contributed by atoms with Crippen molar-refractivity contribution in [1.82, 2.24) is 4.98 Å². The van der Waals surface area contributed by atoms with E-state index in [1.54, 1.807) is 12.1 Å². The number of benzene rings is 2. The van der Waals surface area contributed by atoms with Crippen LogP contribution in [0.3, 0.4) is 0 Å². The standard InChI is InChI=1S/C20H14F2N2O2/c21-15-7-9-18(17(22)12-15)26-20-11-8-16(13-23-20)24-19(25)10-6-14-4-2-1-3-5-14/h1-13H,(H,24,25)/b10-6+. The topological polar surface area (TPSA) is 51.2 Å². The van der Waals surface area contributed by atoms with Crippen molar-refractivity contribution in [1.29, 1.82) is 0 Å². The molecule has 6 heteroatoms. The van der Waals surface area contributed by atoms with Crippen LogP contribution in [-0.4, -0.2) is 10.9 Å². The van der Waals surface area contributed by atoms with E-state index in [4.69, 9.17) is 4.74 Å². The van der Waals surface area contributed by atoms with Crippen molar-refractivity contribution in [2.45, 2.75) is 0 Å². The van der Waals surface area contributed by atoms with Gasteiger partial charge in [-0.05, 0) is 29.8 Å². The summed E-state index contributed by atoms with van der Waals surface area (Å²) >= 11 is 0. The molecule has 1 heterocycles. The summed E-state index contributed by atoms with van der Waals surface area (Å²) in [6, 6.07) is 15.4. The second-order valence-corrected chi connectivity index (χ2v) is 5.30. The van der Waals surface area contributed by atoms with E-state index in [2.05, 4.69) is 10.3 Å². The molecule has 0 aliphatic carbocycles. The highest BCUT2D eigenvalue weighted by Gasteiger charge is 2.07. The molecule has 0 aliphatic heterocycles. The Bertz CT molecular complexity index is 926. The normalized spacial score (nSPS) is 10.7. The minimum Gasteiger partial charge on any atom is -0.436 e. The van der Waals surface area contributed by atoms with Crippen molar-refractivity contribution < 1.29 is 18.3 Å². The molecule has 0 bridgehead atoms. The van der Waals surface area contributed by atoms with E-state index >= 15 is 0 Å². The number of rotatable bonds is 5. The van der Waals surface area contributed by atoms with E-state index in [1.165, 1.54) is 24.4 Å². The Morgan fingerprint density at radius 3 is 2.54 bits per heavy atom. The Morgan fingerprint density at radius 2 is 1.85 bits per heavy atom. The maximum atomic E-state index is 13.6. The molecule has 0 fully saturated rings. The van der Waals surface area contributed by atoms with Crippen molar-refractivity contribution in [2.24, 2.45) is 0 Å². The fourth-order valence-electron chi connectivity index (χ4n) is 2.11. The monoisotopic (exact) mass is 352 g/mol. The molecule has 4 nitrogen and oxygen atoms in total. The predicted octanol–water partition coefficient (Wildman–Crippen LogP) is 4.80. The Hall–Kier alpha value is -3.54. The Balaban J connectivity index is 1.60. The molecule has 26 heavy (non-hydrogen) atoms. The van der Waals surface area contributed by atoms with Crippen molar-refractivity contribution in [3.8, 4) is 11.6 Å². The van der Waals surface area contributed by atoms with E-state index in [1.807, 2.05) is 30.3 Å².